The minimum Gasteiger partial charge on any atom is -0.444 e. The summed E-state index contributed by atoms with van der Waals surface area (Å²) in [5.74, 6) is -4.27. The number of hydrogen-bond acceptors (Lipinski definition) is 6. The monoisotopic (exact) mass is 535 g/mol. The molecule has 3 rings (SSSR count). The number of piperidine rings is 1. The highest BCUT2D eigenvalue weighted by Gasteiger charge is 2.41. The summed E-state index contributed by atoms with van der Waals surface area (Å²) in [5.41, 5.74) is -1.92. The zero-order valence-corrected chi connectivity index (χ0v) is 21.0. The molecule has 0 bridgehead atoms. The summed E-state index contributed by atoms with van der Waals surface area (Å²) in [5, 5.41) is 2.47. The van der Waals surface area contributed by atoms with Crippen LogP contribution in [0.25, 0.3) is 0 Å². The molecular formula is C23H30F5N5O4. The van der Waals surface area contributed by atoms with Gasteiger partial charge in [0, 0.05) is 37.9 Å². The van der Waals surface area contributed by atoms with Crippen LogP contribution in [0.15, 0.2) is 0 Å². The van der Waals surface area contributed by atoms with Gasteiger partial charge in [-0.2, -0.15) is 13.2 Å². The van der Waals surface area contributed by atoms with Crippen molar-refractivity contribution in [2.24, 2.45) is 0 Å². The number of amides is 3. The fourth-order valence-electron chi connectivity index (χ4n) is 4.30. The van der Waals surface area contributed by atoms with E-state index in [4.69, 9.17) is 4.74 Å². The molecule has 2 aliphatic rings. The Kier molecular flexibility index (Phi) is 7.99. The zero-order chi connectivity index (χ0) is 27.8. The first-order valence-corrected chi connectivity index (χ1v) is 11.8. The van der Waals surface area contributed by atoms with Crippen molar-refractivity contribution in [3.8, 4) is 0 Å². The molecule has 0 aliphatic carbocycles. The number of halogens is 5. The molecule has 0 radical (unpaired) electrons. The largest absolute Gasteiger partial charge is 0.444 e. The molecule has 0 spiro atoms. The lowest BCUT2D eigenvalue weighted by Gasteiger charge is -2.36. The van der Waals surface area contributed by atoms with Crippen LogP contribution in [-0.2, 0) is 33.5 Å². The predicted molar refractivity (Wildman–Crippen MR) is 119 cm³/mol. The minimum absolute atomic E-state index is 0.0544. The number of carbonyl (C=O) groups is 3. The van der Waals surface area contributed by atoms with E-state index >= 15 is 0 Å². The molecule has 3 heterocycles. The average molecular weight is 536 g/mol. The number of aromatic nitrogens is 2. The molecule has 1 saturated heterocycles. The van der Waals surface area contributed by atoms with E-state index in [2.05, 4.69) is 15.3 Å². The number of fused-ring (bicyclic) bond motifs is 1. The van der Waals surface area contributed by atoms with Crippen molar-refractivity contribution in [2.75, 3.05) is 19.6 Å². The van der Waals surface area contributed by atoms with Crippen LogP contribution < -0.4 is 5.32 Å². The van der Waals surface area contributed by atoms with Crippen molar-refractivity contribution < 1.29 is 41.1 Å². The van der Waals surface area contributed by atoms with Crippen LogP contribution in [0.3, 0.4) is 0 Å². The van der Waals surface area contributed by atoms with Gasteiger partial charge < -0.3 is 19.9 Å². The first-order chi connectivity index (χ1) is 16.9. The SMILES string of the molecule is Cc1nc2c(c(C(F)(F)F)n1)CCN(C(=O)C[C@@H](CN1CC(F)(F)CCC1=O)NC(=O)OC(C)(C)C)C2. The van der Waals surface area contributed by atoms with Crippen LogP contribution in [0.1, 0.15) is 62.8 Å². The summed E-state index contributed by atoms with van der Waals surface area (Å²) < 4.78 is 73.3. The van der Waals surface area contributed by atoms with Crippen molar-refractivity contribution in [2.45, 2.75) is 83.7 Å². The van der Waals surface area contributed by atoms with E-state index in [1.807, 2.05) is 0 Å². The van der Waals surface area contributed by atoms with Crippen LogP contribution in [0, 0.1) is 6.92 Å². The van der Waals surface area contributed by atoms with Gasteiger partial charge in [-0.05, 0) is 34.1 Å². The third kappa shape index (κ3) is 7.71. The van der Waals surface area contributed by atoms with Gasteiger partial charge in [0.1, 0.15) is 11.4 Å². The molecular weight excluding hydrogens is 505 g/mol. The lowest BCUT2D eigenvalue weighted by molar-refractivity contribution is -0.148. The van der Waals surface area contributed by atoms with E-state index in [0.717, 1.165) is 4.90 Å². The normalized spacial score (nSPS) is 18.8. The first-order valence-electron chi connectivity index (χ1n) is 11.8. The van der Waals surface area contributed by atoms with E-state index in [1.165, 1.54) is 11.8 Å². The van der Waals surface area contributed by atoms with Crippen molar-refractivity contribution >= 4 is 17.9 Å². The molecule has 2 aliphatic heterocycles. The second kappa shape index (κ2) is 10.4. The molecule has 1 aromatic heterocycles. The van der Waals surface area contributed by atoms with Crippen molar-refractivity contribution in [3.63, 3.8) is 0 Å². The molecule has 206 valence electrons. The Labute approximate surface area is 210 Å². The van der Waals surface area contributed by atoms with Gasteiger partial charge in [0.2, 0.25) is 11.8 Å². The number of nitrogens with one attached hydrogen (secondary N) is 1. The number of likely N-dealkylation sites (tertiary alicyclic amines) is 1. The van der Waals surface area contributed by atoms with E-state index in [0.29, 0.717) is 0 Å². The van der Waals surface area contributed by atoms with Gasteiger partial charge in [-0.1, -0.05) is 0 Å². The fourth-order valence-corrected chi connectivity index (χ4v) is 4.30. The number of hydrogen-bond donors (Lipinski definition) is 1. The summed E-state index contributed by atoms with van der Waals surface area (Å²) in [6, 6.07) is -1.07. The fraction of sp³-hybridized carbons (Fsp3) is 0.696. The summed E-state index contributed by atoms with van der Waals surface area (Å²) in [4.78, 5) is 47.5. The van der Waals surface area contributed by atoms with Crippen LogP contribution in [0.5, 0.6) is 0 Å². The van der Waals surface area contributed by atoms with Crippen LogP contribution in [-0.4, -0.2) is 74.9 Å². The van der Waals surface area contributed by atoms with E-state index in [1.54, 1.807) is 20.8 Å². The maximum atomic E-state index is 13.9. The molecule has 0 saturated carbocycles. The maximum absolute atomic E-state index is 13.9. The Morgan fingerprint density at radius 2 is 1.84 bits per heavy atom. The third-order valence-electron chi connectivity index (χ3n) is 5.86. The highest BCUT2D eigenvalue weighted by Crippen LogP contribution is 2.34. The molecule has 1 N–H and O–H groups in total. The van der Waals surface area contributed by atoms with Crippen LogP contribution in [0.4, 0.5) is 26.7 Å². The second-order valence-corrected chi connectivity index (χ2v) is 10.3. The standard InChI is InChI=1S/C23H30F5N5O4/c1-13-29-16-11-32(8-6-15(16)19(30-13)23(26,27)28)18(35)9-14(31-20(36)37-21(2,3)4)10-33-12-22(24,25)7-5-17(33)34/h14H,5-12H2,1-4H3,(H,31,36)/t14-/m0/s1. The van der Waals surface area contributed by atoms with Gasteiger partial charge in [0.15, 0.2) is 5.69 Å². The number of alkyl halides is 5. The molecule has 14 heteroatoms. The van der Waals surface area contributed by atoms with E-state index < -0.39 is 60.3 Å². The smallest absolute Gasteiger partial charge is 0.433 e. The number of aryl methyl sites for hydroxylation is 1. The molecule has 0 aromatic carbocycles. The van der Waals surface area contributed by atoms with Crippen molar-refractivity contribution in [1.82, 2.24) is 25.1 Å². The Morgan fingerprint density at radius 1 is 1.16 bits per heavy atom. The third-order valence-corrected chi connectivity index (χ3v) is 5.86. The number of ether oxygens (including phenoxy) is 1. The Balaban J connectivity index is 1.77. The molecule has 1 fully saturated rings. The maximum Gasteiger partial charge on any atom is 0.433 e. The molecule has 1 atom stereocenters. The van der Waals surface area contributed by atoms with Gasteiger partial charge >= 0.3 is 12.3 Å². The summed E-state index contributed by atoms with van der Waals surface area (Å²) in [7, 11) is 0. The lowest BCUT2D eigenvalue weighted by atomic mass is 10.0. The molecule has 0 unspecified atom stereocenters. The first kappa shape index (κ1) is 28.5. The van der Waals surface area contributed by atoms with Crippen LogP contribution >= 0.6 is 0 Å². The number of nitrogens with zero attached hydrogens (tertiary/aromatic N) is 4. The average Bonchev–Trinajstić information content (AvgIpc) is 2.73. The Bertz CT molecular complexity index is 1060. The van der Waals surface area contributed by atoms with Crippen molar-refractivity contribution in [1.29, 1.82) is 0 Å². The molecule has 1 aromatic rings. The number of rotatable bonds is 5. The zero-order valence-electron chi connectivity index (χ0n) is 21.0. The molecule has 9 nitrogen and oxygen atoms in total. The number of alkyl carbamates (subject to hydrolysis) is 1. The molecule has 3 amide bonds. The van der Waals surface area contributed by atoms with E-state index in [9.17, 15) is 36.3 Å². The quantitative estimate of drug-likeness (QED) is 0.581. The van der Waals surface area contributed by atoms with Gasteiger partial charge in [-0.15, -0.1) is 0 Å². The van der Waals surface area contributed by atoms with Gasteiger partial charge in [-0.3, -0.25) is 9.59 Å². The highest BCUT2D eigenvalue weighted by atomic mass is 19.4. The number of carbonyl (C=O) groups excluding carboxylic acids is 3. The summed E-state index contributed by atoms with van der Waals surface area (Å²) >= 11 is 0. The molecule has 37 heavy (non-hydrogen) atoms. The van der Waals surface area contributed by atoms with Gasteiger partial charge in [0.25, 0.3) is 5.92 Å². The van der Waals surface area contributed by atoms with Gasteiger partial charge in [-0.25, -0.2) is 23.5 Å². The van der Waals surface area contributed by atoms with E-state index in [-0.39, 0.29) is 56.0 Å². The topological polar surface area (TPSA) is 105 Å². The van der Waals surface area contributed by atoms with Gasteiger partial charge in [0.05, 0.1) is 24.8 Å². The second-order valence-electron chi connectivity index (χ2n) is 10.3. The summed E-state index contributed by atoms with van der Waals surface area (Å²) in [6.07, 6.45) is -7.04. The predicted octanol–water partition coefficient (Wildman–Crippen LogP) is 3.23. The highest BCUT2D eigenvalue weighted by molar-refractivity contribution is 5.79. The minimum atomic E-state index is -4.67. The Hall–Kier alpha value is -3.06. The lowest BCUT2D eigenvalue weighted by Crippen LogP contribution is -2.53. The Morgan fingerprint density at radius 3 is 2.46 bits per heavy atom. The van der Waals surface area contributed by atoms with Crippen molar-refractivity contribution in [3.05, 3.63) is 22.8 Å². The van der Waals surface area contributed by atoms with Crippen LogP contribution in [0.2, 0.25) is 0 Å². The summed E-state index contributed by atoms with van der Waals surface area (Å²) in [6.45, 7) is 4.70.